The predicted molar refractivity (Wildman–Crippen MR) is 118 cm³/mol. The minimum absolute atomic E-state index is 0.0720. The van der Waals surface area contributed by atoms with Crippen molar-refractivity contribution in [3.8, 4) is 11.1 Å². The van der Waals surface area contributed by atoms with Gasteiger partial charge in [-0.15, -0.1) is 0 Å². The SMILES string of the molecule is CN(C(=O)CO/N=C/c1ccc(-c2ccc([N+](=O)[O-])c(CO)c2)cc1)C1CCCCC1. The van der Waals surface area contributed by atoms with E-state index in [4.69, 9.17) is 4.84 Å². The molecule has 1 aliphatic carbocycles. The summed E-state index contributed by atoms with van der Waals surface area (Å²) in [4.78, 5) is 29.7. The largest absolute Gasteiger partial charge is 0.391 e. The molecular weight excluding hydrogens is 398 g/mol. The Morgan fingerprint density at radius 3 is 2.52 bits per heavy atom. The minimum atomic E-state index is -0.507. The van der Waals surface area contributed by atoms with E-state index < -0.39 is 11.5 Å². The lowest BCUT2D eigenvalue weighted by molar-refractivity contribution is -0.385. The molecule has 31 heavy (non-hydrogen) atoms. The van der Waals surface area contributed by atoms with Gasteiger partial charge < -0.3 is 14.8 Å². The molecule has 0 heterocycles. The van der Waals surface area contributed by atoms with Crippen LogP contribution < -0.4 is 0 Å². The van der Waals surface area contributed by atoms with Crippen LogP contribution in [0.4, 0.5) is 5.69 Å². The molecule has 0 radical (unpaired) electrons. The number of nitrogens with zero attached hydrogens (tertiary/aromatic N) is 3. The van der Waals surface area contributed by atoms with Crippen molar-refractivity contribution in [2.24, 2.45) is 5.16 Å². The van der Waals surface area contributed by atoms with Crippen LogP contribution in [-0.2, 0) is 16.2 Å². The van der Waals surface area contributed by atoms with Crippen LogP contribution in [-0.4, -0.2) is 46.7 Å². The first kappa shape index (κ1) is 22.4. The van der Waals surface area contributed by atoms with Crippen LogP contribution in [0.25, 0.3) is 11.1 Å². The molecule has 3 rings (SSSR count). The van der Waals surface area contributed by atoms with E-state index in [0.717, 1.165) is 29.5 Å². The number of aliphatic hydroxyl groups excluding tert-OH is 1. The van der Waals surface area contributed by atoms with E-state index in [9.17, 15) is 20.0 Å². The molecule has 1 aliphatic rings. The van der Waals surface area contributed by atoms with E-state index in [1.54, 1.807) is 17.0 Å². The van der Waals surface area contributed by atoms with E-state index in [-0.39, 0.29) is 23.8 Å². The maximum Gasteiger partial charge on any atom is 0.274 e. The molecule has 1 amide bonds. The second-order valence-corrected chi connectivity index (χ2v) is 7.69. The van der Waals surface area contributed by atoms with Gasteiger partial charge in [0, 0.05) is 19.2 Å². The van der Waals surface area contributed by atoms with Crippen LogP contribution in [0.2, 0.25) is 0 Å². The first-order valence-corrected chi connectivity index (χ1v) is 10.4. The Labute approximate surface area is 181 Å². The molecule has 0 aliphatic heterocycles. The zero-order valence-electron chi connectivity index (χ0n) is 17.6. The number of nitro benzene ring substituents is 1. The maximum atomic E-state index is 12.2. The Bertz CT molecular complexity index is 937. The van der Waals surface area contributed by atoms with Gasteiger partial charge in [0.05, 0.1) is 23.3 Å². The Kier molecular flexibility index (Phi) is 7.72. The van der Waals surface area contributed by atoms with Gasteiger partial charge >= 0.3 is 0 Å². The molecular formula is C23H27N3O5. The number of hydrogen-bond donors (Lipinski definition) is 1. The Balaban J connectivity index is 1.55. The second kappa shape index (κ2) is 10.7. The lowest BCUT2D eigenvalue weighted by Crippen LogP contribution is -2.40. The van der Waals surface area contributed by atoms with Gasteiger partial charge in [-0.2, -0.15) is 0 Å². The van der Waals surface area contributed by atoms with Crippen molar-refractivity contribution < 1.29 is 19.7 Å². The van der Waals surface area contributed by atoms with Crippen LogP contribution in [0, 0.1) is 10.1 Å². The third-order valence-electron chi connectivity index (χ3n) is 5.67. The molecule has 0 aromatic heterocycles. The molecule has 0 atom stereocenters. The summed E-state index contributed by atoms with van der Waals surface area (Å²) >= 11 is 0. The fourth-order valence-electron chi connectivity index (χ4n) is 3.80. The fraction of sp³-hybridized carbons (Fsp3) is 0.391. The molecule has 8 nitrogen and oxygen atoms in total. The third kappa shape index (κ3) is 5.88. The fourth-order valence-corrected chi connectivity index (χ4v) is 3.80. The number of aliphatic hydroxyl groups is 1. The maximum absolute atomic E-state index is 12.2. The van der Waals surface area contributed by atoms with Gasteiger partial charge in [0.25, 0.3) is 11.6 Å². The third-order valence-corrected chi connectivity index (χ3v) is 5.67. The molecule has 2 aromatic carbocycles. The van der Waals surface area contributed by atoms with Gasteiger partial charge in [-0.3, -0.25) is 14.9 Å². The summed E-state index contributed by atoms with van der Waals surface area (Å²) in [7, 11) is 1.82. The monoisotopic (exact) mass is 425 g/mol. The van der Waals surface area contributed by atoms with Gasteiger partial charge in [0.15, 0.2) is 6.61 Å². The van der Waals surface area contributed by atoms with E-state index in [0.29, 0.717) is 6.04 Å². The highest BCUT2D eigenvalue weighted by molar-refractivity contribution is 5.81. The summed E-state index contributed by atoms with van der Waals surface area (Å²) in [6, 6.07) is 12.3. The number of rotatable bonds is 8. The van der Waals surface area contributed by atoms with Crippen molar-refractivity contribution in [1.29, 1.82) is 0 Å². The van der Waals surface area contributed by atoms with Crippen LogP contribution in [0.3, 0.4) is 0 Å². The standard InChI is InChI=1S/C23H27N3O5/c1-25(21-5-3-2-4-6-21)23(28)16-31-24-14-17-7-9-18(10-8-17)19-11-12-22(26(29)30)20(13-19)15-27/h7-14,21,27H,2-6,15-16H2,1H3/b24-14+. The van der Waals surface area contributed by atoms with Crippen molar-refractivity contribution in [2.75, 3.05) is 13.7 Å². The predicted octanol–water partition coefficient (Wildman–Crippen LogP) is 3.90. The summed E-state index contributed by atoms with van der Waals surface area (Å²) in [6.07, 6.45) is 7.20. The summed E-state index contributed by atoms with van der Waals surface area (Å²) in [5.74, 6) is -0.0720. The molecule has 0 spiro atoms. The second-order valence-electron chi connectivity index (χ2n) is 7.69. The number of carbonyl (C=O) groups excluding carboxylic acids is 1. The normalized spacial score (nSPS) is 14.5. The van der Waals surface area contributed by atoms with Crippen molar-refractivity contribution in [1.82, 2.24) is 4.90 Å². The van der Waals surface area contributed by atoms with Crippen LogP contribution in [0.5, 0.6) is 0 Å². The lowest BCUT2D eigenvalue weighted by Gasteiger charge is -2.30. The van der Waals surface area contributed by atoms with E-state index >= 15 is 0 Å². The number of amides is 1. The average molecular weight is 425 g/mol. The van der Waals surface area contributed by atoms with Gasteiger partial charge in [-0.1, -0.05) is 48.7 Å². The highest BCUT2D eigenvalue weighted by Crippen LogP contribution is 2.27. The minimum Gasteiger partial charge on any atom is -0.391 e. The molecule has 0 unspecified atom stereocenters. The first-order chi connectivity index (χ1) is 15.0. The number of nitro groups is 1. The number of benzene rings is 2. The Hall–Kier alpha value is -3.26. The lowest BCUT2D eigenvalue weighted by atomic mass is 9.94. The summed E-state index contributed by atoms with van der Waals surface area (Å²) < 4.78 is 0. The highest BCUT2D eigenvalue weighted by Gasteiger charge is 2.22. The quantitative estimate of drug-likeness (QED) is 0.392. The molecule has 164 valence electrons. The van der Waals surface area contributed by atoms with Crippen molar-refractivity contribution in [3.05, 3.63) is 63.7 Å². The molecule has 0 bridgehead atoms. The molecule has 1 saturated carbocycles. The van der Waals surface area contributed by atoms with Gasteiger partial charge in [0.1, 0.15) is 0 Å². The van der Waals surface area contributed by atoms with E-state index in [1.165, 1.54) is 31.5 Å². The zero-order chi connectivity index (χ0) is 22.2. The van der Waals surface area contributed by atoms with Crippen LogP contribution >= 0.6 is 0 Å². The number of carbonyl (C=O) groups is 1. The summed E-state index contributed by atoms with van der Waals surface area (Å²) in [5, 5.41) is 24.3. The Morgan fingerprint density at radius 2 is 1.87 bits per heavy atom. The topological polar surface area (TPSA) is 105 Å². The first-order valence-electron chi connectivity index (χ1n) is 10.4. The average Bonchev–Trinajstić information content (AvgIpc) is 2.81. The van der Waals surface area contributed by atoms with Crippen molar-refractivity contribution in [3.63, 3.8) is 0 Å². The molecule has 2 aromatic rings. The summed E-state index contributed by atoms with van der Waals surface area (Å²) in [5.41, 5.74) is 2.58. The van der Waals surface area contributed by atoms with E-state index in [2.05, 4.69) is 5.16 Å². The zero-order valence-corrected chi connectivity index (χ0v) is 17.6. The number of likely N-dealkylation sites (N-methyl/N-ethyl adjacent to an activating group) is 1. The number of hydrogen-bond acceptors (Lipinski definition) is 6. The van der Waals surface area contributed by atoms with Crippen molar-refractivity contribution >= 4 is 17.8 Å². The molecule has 8 heteroatoms. The Morgan fingerprint density at radius 1 is 1.19 bits per heavy atom. The highest BCUT2D eigenvalue weighted by atomic mass is 16.6. The number of oxime groups is 1. The smallest absolute Gasteiger partial charge is 0.274 e. The van der Waals surface area contributed by atoms with Crippen molar-refractivity contribution in [2.45, 2.75) is 44.8 Å². The van der Waals surface area contributed by atoms with Crippen LogP contribution in [0.15, 0.2) is 47.6 Å². The van der Waals surface area contributed by atoms with Gasteiger partial charge in [-0.05, 0) is 41.7 Å². The van der Waals surface area contributed by atoms with Gasteiger partial charge in [0.2, 0.25) is 0 Å². The molecule has 0 saturated heterocycles. The molecule has 1 N–H and O–H groups in total. The van der Waals surface area contributed by atoms with Crippen LogP contribution in [0.1, 0.15) is 43.2 Å². The van der Waals surface area contributed by atoms with E-state index in [1.807, 2.05) is 31.3 Å². The summed E-state index contributed by atoms with van der Waals surface area (Å²) in [6.45, 7) is -0.491. The molecule has 1 fully saturated rings. The van der Waals surface area contributed by atoms with Gasteiger partial charge in [-0.25, -0.2) is 0 Å².